The molecule has 2 aromatic carbocycles. The van der Waals surface area contributed by atoms with Crippen LogP contribution in [0.3, 0.4) is 0 Å². The molecule has 3 aliphatic heterocycles. The number of para-hydroxylation sites is 1. The number of aliphatic hydroxyl groups excluding tert-OH is 1. The Balaban J connectivity index is 1.78. The standard InChI is InChI=1S/C25H24N2O6/c1-14-12-16-13-15(8-9-19(16)33-14)21(28)20-22(29)23(30)27(10-11-32-3)25(20)17-6-4-5-7-18(17)26(2)24(25)31/h4-9,13-14,28H,10-12H2,1-3H3/t14-,25+/m0/s1. The van der Waals surface area contributed by atoms with Crippen LogP contribution in [0.1, 0.15) is 23.6 Å². The molecule has 0 radical (unpaired) electrons. The van der Waals surface area contributed by atoms with Gasteiger partial charge in [0, 0.05) is 43.9 Å². The summed E-state index contributed by atoms with van der Waals surface area (Å²) in [6.45, 7) is 2.09. The highest BCUT2D eigenvalue weighted by Crippen LogP contribution is 2.53. The summed E-state index contributed by atoms with van der Waals surface area (Å²) in [6, 6.07) is 12.1. The largest absolute Gasteiger partial charge is 0.507 e. The van der Waals surface area contributed by atoms with E-state index in [1.165, 1.54) is 16.9 Å². The van der Waals surface area contributed by atoms with Crippen molar-refractivity contribution >= 4 is 29.0 Å². The molecular formula is C25H24N2O6. The van der Waals surface area contributed by atoms with Gasteiger partial charge in [0.1, 0.15) is 17.6 Å². The second-order valence-electron chi connectivity index (χ2n) is 8.55. The summed E-state index contributed by atoms with van der Waals surface area (Å²) in [4.78, 5) is 43.0. The topological polar surface area (TPSA) is 96.4 Å². The van der Waals surface area contributed by atoms with Crippen molar-refractivity contribution in [2.75, 3.05) is 32.2 Å². The molecule has 3 aliphatic rings. The molecule has 8 heteroatoms. The fourth-order valence-electron chi connectivity index (χ4n) is 5.17. The number of Topliss-reactive ketones (excluding diaryl/α,β-unsaturated/α-hetero) is 1. The van der Waals surface area contributed by atoms with Crippen LogP contribution in [0.2, 0.25) is 0 Å². The minimum atomic E-state index is -1.76. The lowest BCUT2D eigenvalue weighted by atomic mass is 9.81. The smallest absolute Gasteiger partial charge is 0.296 e. The molecule has 1 spiro atoms. The minimum absolute atomic E-state index is 0.00699. The first-order valence-corrected chi connectivity index (χ1v) is 10.8. The lowest BCUT2D eigenvalue weighted by Gasteiger charge is -2.34. The second-order valence-corrected chi connectivity index (χ2v) is 8.55. The number of rotatable bonds is 4. The molecule has 33 heavy (non-hydrogen) atoms. The van der Waals surface area contributed by atoms with E-state index in [0.717, 1.165) is 11.3 Å². The van der Waals surface area contributed by atoms with E-state index in [2.05, 4.69) is 0 Å². The first kappa shape index (κ1) is 21.2. The summed E-state index contributed by atoms with van der Waals surface area (Å²) in [5.74, 6) is -1.87. The van der Waals surface area contributed by atoms with E-state index < -0.39 is 23.1 Å². The molecule has 1 N–H and O–H groups in total. The van der Waals surface area contributed by atoms with Crippen molar-refractivity contribution in [2.24, 2.45) is 0 Å². The van der Waals surface area contributed by atoms with Crippen LogP contribution in [0.5, 0.6) is 5.75 Å². The highest BCUT2D eigenvalue weighted by Gasteiger charge is 2.66. The maximum Gasteiger partial charge on any atom is 0.296 e. The van der Waals surface area contributed by atoms with E-state index in [0.29, 0.717) is 23.2 Å². The number of fused-ring (bicyclic) bond motifs is 3. The van der Waals surface area contributed by atoms with Crippen molar-refractivity contribution in [1.82, 2.24) is 4.90 Å². The molecule has 0 saturated carbocycles. The zero-order chi connectivity index (χ0) is 23.5. The van der Waals surface area contributed by atoms with E-state index in [9.17, 15) is 19.5 Å². The number of ether oxygens (including phenoxy) is 2. The van der Waals surface area contributed by atoms with Crippen molar-refractivity contribution in [2.45, 2.75) is 25.0 Å². The number of methoxy groups -OCH3 is 1. The number of ketones is 1. The van der Waals surface area contributed by atoms with Crippen molar-refractivity contribution in [3.63, 3.8) is 0 Å². The molecule has 2 atom stereocenters. The Labute approximate surface area is 191 Å². The number of aliphatic hydroxyl groups is 1. The second kappa shape index (κ2) is 7.45. The molecule has 0 bridgehead atoms. The first-order chi connectivity index (χ1) is 15.8. The number of amides is 2. The molecule has 170 valence electrons. The molecule has 5 rings (SSSR count). The average Bonchev–Trinajstić information content (AvgIpc) is 3.37. The maximum atomic E-state index is 13.8. The SMILES string of the molecule is COCCN1C(=O)C(=O)C(=C(O)c2ccc3c(c2)C[C@H](C)O3)[C@]12C(=O)N(C)c1ccccc12. The predicted molar refractivity (Wildman–Crippen MR) is 120 cm³/mol. The van der Waals surface area contributed by atoms with E-state index in [1.54, 1.807) is 49.5 Å². The minimum Gasteiger partial charge on any atom is -0.507 e. The van der Waals surface area contributed by atoms with Gasteiger partial charge < -0.3 is 24.4 Å². The normalized spacial score (nSPS) is 25.1. The van der Waals surface area contributed by atoms with Gasteiger partial charge in [-0.15, -0.1) is 0 Å². The summed E-state index contributed by atoms with van der Waals surface area (Å²) in [5, 5.41) is 11.4. The number of carbonyl (C=O) groups excluding carboxylic acids is 3. The van der Waals surface area contributed by atoms with Crippen LogP contribution in [0, 0.1) is 0 Å². The van der Waals surface area contributed by atoms with Gasteiger partial charge in [-0.25, -0.2) is 0 Å². The third-order valence-corrected chi connectivity index (χ3v) is 6.63. The number of likely N-dealkylation sites (N-methyl/N-ethyl adjacent to an activating group) is 1. The van der Waals surface area contributed by atoms with E-state index in [1.807, 2.05) is 6.92 Å². The lowest BCUT2D eigenvalue weighted by molar-refractivity contribution is -0.144. The third kappa shape index (κ3) is 2.77. The Bertz CT molecular complexity index is 1240. The molecule has 2 amide bonds. The van der Waals surface area contributed by atoms with E-state index in [4.69, 9.17) is 9.47 Å². The van der Waals surface area contributed by atoms with Gasteiger partial charge in [-0.1, -0.05) is 18.2 Å². The Kier molecular flexibility index (Phi) is 4.79. The van der Waals surface area contributed by atoms with Crippen LogP contribution in [0.15, 0.2) is 48.0 Å². The van der Waals surface area contributed by atoms with Crippen molar-refractivity contribution in [1.29, 1.82) is 0 Å². The van der Waals surface area contributed by atoms with Crippen molar-refractivity contribution in [3.05, 3.63) is 64.7 Å². The number of nitrogens with zero attached hydrogens (tertiary/aromatic N) is 2. The van der Waals surface area contributed by atoms with Crippen LogP contribution in [-0.4, -0.2) is 61.0 Å². The molecule has 0 aromatic heterocycles. The first-order valence-electron chi connectivity index (χ1n) is 10.8. The highest BCUT2D eigenvalue weighted by molar-refractivity contribution is 6.50. The average molecular weight is 448 g/mol. The molecule has 0 aliphatic carbocycles. The van der Waals surface area contributed by atoms with Gasteiger partial charge in [-0.3, -0.25) is 14.4 Å². The monoisotopic (exact) mass is 448 g/mol. The Morgan fingerprint density at radius 2 is 1.97 bits per heavy atom. The van der Waals surface area contributed by atoms with Crippen molar-refractivity contribution in [3.8, 4) is 5.75 Å². The van der Waals surface area contributed by atoms with Crippen molar-refractivity contribution < 1.29 is 29.0 Å². The Morgan fingerprint density at radius 1 is 1.21 bits per heavy atom. The van der Waals surface area contributed by atoms with Crippen LogP contribution in [-0.2, 0) is 31.1 Å². The lowest BCUT2D eigenvalue weighted by Crippen LogP contribution is -2.52. The van der Waals surface area contributed by atoms with Crippen LogP contribution in [0.25, 0.3) is 5.76 Å². The maximum absolute atomic E-state index is 13.8. The van der Waals surface area contributed by atoms with Gasteiger partial charge in [0.2, 0.25) is 0 Å². The van der Waals surface area contributed by atoms with Gasteiger partial charge in [-0.05, 0) is 36.8 Å². The van der Waals surface area contributed by atoms with Crippen LogP contribution in [0.4, 0.5) is 5.69 Å². The molecule has 0 unspecified atom stereocenters. The fraction of sp³-hybridized carbons (Fsp3) is 0.320. The number of carbonyl (C=O) groups is 3. The van der Waals surface area contributed by atoms with Gasteiger partial charge in [-0.2, -0.15) is 0 Å². The summed E-state index contributed by atoms with van der Waals surface area (Å²) in [5.41, 5.74) is 0.323. The Hall–Kier alpha value is -3.65. The summed E-state index contributed by atoms with van der Waals surface area (Å²) in [6.07, 6.45) is 0.668. The zero-order valence-corrected chi connectivity index (χ0v) is 18.6. The molecule has 3 heterocycles. The Morgan fingerprint density at radius 3 is 2.73 bits per heavy atom. The number of likely N-dealkylation sites (tertiary alicyclic amines) is 1. The van der Waals surface area contributed by atoms with Crippen LogP contribution < -0.4 is 9.64 Å². The van der Waals surface area contributed by atoms with Gasteiger partial charge in [0.25, 0.3) is 17.6 Å². The van der Waals surface area contributed by atoms with E-state index in [-0.39, 0.29) is 30.6 Å². The summed E-state index contributed by atoms with van der Waals surface area (Å²) >= 11 is 0. The zero-order valence-electron chi connectivity index (χ0n) is 18.6. The predicted octanol–water partition coefficient (Wildman–Crippen LogP) is 2.21. The quantitative estimate of drug-likeness (QED) is 0.438. The third-order valence-electron chi connectivity index (χ3n) is 6.63. The molecule has 2 aromatic rings. The van der Waals surface area contributed by atoms with E-state index >= 15 is 0 Å². The fourth-order valence-corrected chi connectivity index (χ4v) is 5.17. The number of hydrogen-bond acceptors (Lipinski definition) is 6. The van der Waals surface area contributed by atoms with Crippen LogP contribution >= 0.6 is 0 Å². The van der Waals surface area contributed by atoms with Gasteiger partial charge >= 0.3 is 0 Å². The number of anilines is 1. The van der Waals surface area contributed by atoms with Gasteiger partial charge in [0.05, 0.1) is 12.2 Å². The summed E-state index contributed by atoms with van der Waals surface area (Å²) in [7, 11) is 3.08. The number of hydrogen-bond donors (Lipinski definition) is 1. The summed E-state index contributed by atoms with van der Waals surface area (Å²) < 4.78 is 10.9. The van der Waals surface area contributed by atoms with Gasteiger partial charge in [0.15, 0.2) is 5.54 Å². The molecule has 1 fully saturated rings. The molecule has 8 nitrogen and oxygen atoms in total. The molecule has 1 saturated heterocycles. The highest BCUT2D eigenvalue weighted by atomic mass is 16.5. The molecular weight excluding hydrogens is 424 g/mol. The number of benzene rings is 2.